The van der Waals surface area contributed by atoms with E-state index in [1.165, 1.54) is 25.7 Å². The maximum atomic E-state index is 13.1. The van der Waals surface area contributed by atoms with Crippen LogP contribution in [0, 0.1) is 5.92 Å². The molecule has 192 valence electrons. The highest BCUT2D eigenvalue weighted by molar-refractivity contribution is 6.36. The summed E-state index contributed by atoms with van der Waals surface area (Å²) in [5, 5.41) is 3.18. The normalized spacial score (nSPS) is 21.7. The molecule has 0 aromatic heterocycles. The molecule has 0 spiro atoms. The van der Waals surface area contributed by atoms with E-state index in [0.29, 0.717) is 28.1 Å². The monoisotopic (exact) mass is 527 g/mol. The Hall–Kier alpha value is -2.08. The van der Waals surface area contributed by atoms with Gasteiger partial charge in [-0.2, -0.15) is 0 Å². The Balaban J connectivity index is 1.24. The third-order valence-corrected chi connectivity index (χ3v) is 8.73. The van der Waals surface area contributed by atoms with Crippen molar-refractivity contribution in [1.82, 2.24) is 15.3 Å². The number of piperidine rings is 1. The number of amides is 2. The second-order valence-corrected chi connectivity index (χ2v) is 11.3. The zero-order chi connectivity index (χ0) is 25.1. The Morgan fingerprint density at radius 3 is 2.14 bits per heavy atom. The standard InChI is InChI=1S/C29H35Cl2N3O2/c30-26-18-23(20-9-11-21(12-10-20)28(35)32-33-14-5-2-6-15-33)19-27(31)25(26)17-22-13-16-34(29(22)36)24-7-3-1-4-8-24/h9-12,18-19,22,24H,1-8,13-17H2,(H,32,35). The molecule has 0 bridgehead atoms. The average Bonchev–Trinajstić information content (AvgIpc) is 3.27. The molecule has 2 saturated heterocycles. The summed E-state index contributed by atoms with van der Waals surface area (Å²) < 4.78 is 0. The third kappa shape index (κ3) is 5.74. The van der Waals surface area contributed by atoms with Gasteiger partial charge in [-0.25, -0.2) is 5.01 Å². The molecule has 1 saturated carbocycles. The quantitative estimate of drug-likeness (QED) is 0.465. The van der Waals surface area contributed by atoms with E-state index in [1.807, 2.05) is 41.4 Å². The lowest BCUT2D eigenvalue weighted by Crippen LogP contribution is -2.45. The van der Waals surface area contributed by atoms with Gasteiger partial charge in [0.2, 0.25) is 5.91 Å². The van der Waals surface area contributed by atoms with Gasteiger partial charge in [0, 0.05) is 47.2 Å². The Morgan fingerprint density at radius 1 is 0.833 bits per heavy atom. The van der Waals surface area contributed by atoms with Gasteiger partial charge in [-0.05, 0) is 79.5 Å². The van der Waals surface area contributed by atoms with Gasteiger partial charge in [0.05, 0.1) is 0 Å². The van der Waals surface area contributed by atoms with Crippen LogP contribution in [-0.2, 0) is 11.2 Å². The molecule has 3 fully saturated rings. The predicted molar refractivity (Wildman–Crippen MR) is 145 cm³/mol. The number of carbonyl (C=O) groups is 2. The van der Waals surface area contributed by atoms with Gasteiger partial charge in [0.1, 0.15) is 0 Å². The zero-order valence-corrected chi connectivity index (χ0v) is 22.3. The smallest absolute Gasteiger partial charge is 0.265 e. The largest absolute Gasteiger partial charge is 0.339 e. The number of rotatable bonds is 6. The lowest BCUT2D eigenvalue weighted by atomic mass is 9.93. The van der Waals surface area contributed by atoms with Gasteiger partial charge in [-0.1, -0.05) is 61.0 Å². The van der Waals surface area contributed by atoms with Crippen LogP contribution in [0.15, 0.2) is 36.4 Å². The summed E-state index contributed by atoms with van der Waals surface area (Å²) in [6.07, 6.45) is 10.9. The number of hydrazine groups is 1. The SMILES string of the molecule is O=C(NN1CCCCC1)c1ccc(-c2cc(Cl)c(CC3CCN(C4CCCCC4)C3=O)c(Cl)c2)cc1. The summed E-state index contributed by atoms with van der Waals surface area (Å²) in [4.78, 5) is 27.9. The van der Waals surface area contributed by atoms with Gasteiger partial charge in [-0.15, -0.1) is 0 Å². The molecule has 1 N–H and O–H groups in total. The number of benzene rings is 2. The molecular formula is C29H35Cl2N3O2. The predicted octanol–water partition coefficient (Wildman–Crippen LogP) is 6.51. The van der Waals surface area contributed by atoms with Gasteiger partial charge < -0.3 is 4.90 Å². The highest BCUT2D eigenvalue weighted by Crippen LogP contribution is 2.36. The molecule has 3 aliphatic rings. The van der Waals surface area contributed by atoms with E-state index in [1.54, 1.807) is 0 Å². The molecule has 1 atom stereocenters. The summed E-state index contributed by atoms with van der Waals surface area (Å²) in [6.45, 7) is 2.65. The minimum Gasteiger partial charge on any atom is -0.339 e. The summed E-state index contributed by atoms with van der Waals surface area (Å²) in [5.74, 6) is 0.125. The first-order valence-electron chi connectivity index (χ1n) is 13.4. The number of carbonyl (C=O) groups excluding carboxylic acids is 2. The van der Waals surface area contributed by atoms with Gasteiger partial charge >= 0.3 is 0 Å². The van der Waals surface area contributed by atoms with Crippen molar-refractivity contribution in [3.63, 3.8) is 0 Å². The number of hydrogen-bond donors (Lipinski definition) is 1. The summed E-state index contributed by atoms with van der Waals surface area (Å²) in [6, 6.07) is 11.8. The fraction of sp³-hybridized carbons (Fsp3) is 0.517. The van der Waals surface area contributed by atoms with Crippen LogP contribution in [0.4, 0.5) is 0 Å². The van der Waals surface area contributed by atoms with Crippen LogP contribution < -0.4 is 5.43 Å². The van der Waals surface area contributed by atoms with Crippen molar-refractivity contribution in [3.8, 4) is 11.1 Å². The van der Waals surface area contributed by atoms with Crippen LogP contribution >= 0.6 is 23.2 Å². The van der Waals surface area contributed by atoms with Crippen LogP contribution in [0.25, 0.3) is 11.1 Å². The van der Waals surface area contributed by atoms with Crippen LogP contribution in [-0.4, -0.2) is 47.4 Å². The summed E-state index contributed by atoms with van der Waals surface area (Å²) in [5.41, 5.74) is 6.32. The van der Waals surface area contributed by atoms with E-state index >= 15 is 0 Å². The topological polar surface area (TPSA) is 52.7 Å². The van der Waals surface area contributed by atoms with E-state index in [2.05, 4.69) is 10.3 Å². The fourth-order valence-electron chi connectivity index (χ4n) is 5.95. The van der Waals surface area contributed by atoms with Crippen molar-refractivity contribution in [2.75, 3.05) is 19.6 Å². The highest BCUT2D eigenvalue weighted by atomic mass is 35.5. The van der Waals surface area contributed by atoms with Gasteiger partial charge in [-0.3, -0.25) is 15.0 Å². The second kappa shape index (κ2) is 11.5. The van der Waals surface area contributed by atoms with Crippen molar-refractivity contribution in [2.45, 2.75) is 70.3 Å². The Labute approximate surface area is 224 Å². The lowest BCUT2D eigenvalue weighted by molar-refractivity contribution is -0.133. The maximum Gasteiger partial charge on any atom is 0.265 e. The van der Waals surface area contributed by atoms with Gasteiger partial charge in [0.25, 0.3) is 5.91 Å². The molecule has 2 amide bonds. The van der Waals surface area contributed by atoms with Crippen LogP contribution in [0.2, 0.25) is 10.0 Å². The Bertz CT molecular complexity index is 1070. The van der Waals surface area contributed by atoms with Crippen LogP contribution in [0.5, 0.6) is 0 Å². The molecule has 36 heavy (non-hydrogen) atoms. The second-order valence-electron chi connectivity index (χ2n) is 10.5. The minimum atomic E-state index is -0.0848. The summed E-state index contributed by atoms with van der Waals surface area (Å²) in [7, 11) is 0. The van der Waals surface area contributed by atoms with E-state index in [-0.39, 0.29) is 17.7 Å². The Morgan fingerprint density at radius 2 is 1.47 bits per heavy atom. The van der Waals surface area contributed by atoms with E-state index < -0.39 is 0 Å². The summed E-state index contributed by atoms with van der Waals surface area (Å²) >= 11 is 13.4. The maximum absolute atomic E-state index is 13.1. The minimum absolute atomic E-state index is 0.0505. The number of halogens is 2. The zero-order valence-electron chi connectivity index (χ0n) is 20.8. The van der Waals surface area contributed by atoms with Crippen molar-refractivity contribution < 1.29 is 9.59 Å². The van der Waals surface area contributed by atoms with E-state index in [9.17, 15) is 9.59 Å². The number of hydrogen-bond acceptors (Lipinski definition) is 3. The lowest BCUT2D eigenvalue weighted by Gasteiger charge is -2.31. The molecule has 1 aliphatic carbocycles. The number of nitrogens with zero attached hydrogens (tertiary/aromatic N) is 2. The molecular weight excluding hydrogens is 493 g/mol. The van der Waals surface area contributed by atoms with Gasteiger partial charge in [0.15, 0.2) is 0 Å². The molecule has 7 heteroatoms. The number of nitrogens with one attached hydrogen (secondary N) is 1. The first kappa shape index (κ1) is 25.6. The van der Waals surface area contributed by atoms with Crippen molar-refractivity contribution >= 4 is 35.0 Å². The number of likely N-dealkylation sites (tertiary alicyclic amines) is 1. The fourth-order valence-corrected chi connectivity index (χ4v) is 6.59. The molecule has 5 nitrogen and oxygen atoms in total. The average molecular weight is 529 g/mol. The molecule has 2 heterocycles. The van der Waals surface area contributed by atoms with Crippen molar-refractivity contribution in [2.24, 2.45) is 5.92 Å². The van der Waals surface area contributed by atoms with Crippen molar-refractivity contribution in [3.05, 3.63) is 57.6 Å². The molecule has 5 rings (SSSR count). The molecule has 2 aromatic carbocycles. The molecule has 0 radical (unpaired) electrons. The molecule has 2 aliphatic heterocycles. The van der Waals surface area contributed by atoms with Crippen LogP contribution in [0.3, 0.4) is 0 Å². The van der Waals surface area contributed by atoms with Crippen molar-refractivity contribution in [1.29, 1.82) is 0 Å². The Kier molecular flexibility index (Phi) is 8.19. The molecule has 1 unspecified atom stereocenters. The third-order valence-electron chi connectivity index (χ3n) is 8.05. The highest BCUT2D eigenvalue weighted by Gasteiger charge is 2.36. The first-order valence-corrected chi connectivity index (χ1v) is 14.2. The van der Waals surface area contributed by atoms with Crippen LogP contribution in [0.1, 0.15) is 73.7 Å². The molecule has 2 aromatic rings. The first-order chi connectivity index (χ1) is 17.5. The van der Waals surface area contributed by atoms with E-state index in [4.69, 9.17) is 23.2 Å². The van der Waals surface area contributed by atoms with E-state index in [0.717, 1.165) is 68.4 Å².